The Morgan fingerprint density at radius 3 is 2.17 bits per heavy atom. The van der Waals surface area contributed by atoms with E-state index >= 15 is 0 Å². The number of hydrogen-bond donors (Lipinski definition) is 0. The van der Waals surface area contributed by atoms with Gasteiger partial charge in [-0.15, -0.1) is 0 Å². The van der Waals surface area contributed by atoms with Crippen LogP contribution in [0.15, 0.2) is 24.3 Å². The topological polar surface area (TPSA) is 23.8 Å². The van der Waals surface area contributed by atoms with Gasteiger partial charge in [-0.25, -0.2) is 0 Å². The number of hydrogen-bond acceptors (Lipinski definition) is 1. The number of rotatable bonds is 1. The van der Waals surface area contributed by atoms with Crippen molar-refractivity contribution in [2.24, 2.45) is 17.8 Å². The van der Waals surface area contributed by atoms with Gasteiger partial charge in [-0.1, -0.05) is 12.1 Å². The second-order valence-corrected chi connectivity index (χ2v) is 6.89. The highest BCUT2D eigenvalue weighted by Crippen LogP contribution is 2.60. The van der Waals surface area contributed by atoms with Gasteiger partial charge in [0, 0.05) is 0 Å². The fourth-order valence-corrected chi connectivity index (χ4v) is 5.38. The monoisotopic (exact) mass is 237 g/mol. The van der Waals surface area contributed by atoms with Gasteiger partial charge in [0.1, 0.15) is 0 Å². The van der Waals surface area contributed by atoms with Crippen molar-refractivity contribution in [3.8, 4) is 6.07 Å². The average Bonchev–Trinajstić information content (AvgIpc) is 2.37. The molecule has 0 heterocycles. The van der Waals surface area contributed by atoms with E-state index in [9.17, 15) is 0 Å². The molecule has 0 N–H and O–H groups in total. The van der Waals surface area contributed by atoms with Gasteiger partial charge >= 0.3 is 0 Å². The molecule has 0 spiro atoms. The summed E-state index contributed by atoms with van der Waals surface area (Å²) in [4.78, 5) is 0. The fraction of sp³-hybridized carbons (Fsp3) is 0.588. The van der Waals surface area contributed by atoms with E-state index in [1.54, 1.807) is 0 Å². The predicted octanol–water partition coefficient (Wildman–Crippen LogP) is 4.03. The summed E-state index contributed by atoms with van der Waals surface area (Å²) in [5.74, 6) is 2.92. The summed E-state index contributed by atoms with van der Waals surface area (Å²) in [5.41, 5.74) is 2.73. The smallest absolute Gasteiger partial charge is 0.0991 e. The van der Waals surface area contributed by atoms with E-state index in [0.29, 0.717) is 5.41 Å². The molecule has 18 heavy (non-hydrogen) atoms. The van der Waals surface area contributed by atoms with Crippen molar-refractivity contribution in [1.29, 1.82) is 5.26 Å². The number of benzene rings is 1. The molecule has 4 bridgehead atoms. The van der Waals surface area contributed by atoms with Crippen LogP contribution in [0.2, 0.25) is 0 Å². The van der Waals surface area contributed by atoms with Crippen molar-refractivity contribution in [2.45, 2.75) is 43.9 Å². The van der Waals surface area contributed by atoms with Crippen molar-refractivity contribution >= 4 is 0 Å². The van der Waals surface area contributed by atoms with Crippen LogP contribution in [0, 0.1) is 29.1 Å². The predicted molar refractivity (Wildman–Crippen MR) is 71.0 cm³/mol. The fourth-order valence-electron chi connectivity index (χ4n) is 5.38. The lowest BCUT2D eigenvalue weighted by molar-refractivity contribution is -0.00519. The third-order valence-corrected chi connectivity index (χ3v) is 5.64. The Bertz CT molecular complexity index is 487. The first kappa shape index (κ1) is 10.6. The third-order valence-electron chi connectivity index (χ3n) is 5.64. The molecular formula is C17H19N. The van der Waals surface area contributed by atoms with Gasteiger partial charge < -0.3 is 0 Å². The lowest BCUT2D eigenvalue weighted by Crippen LogP contribution is -2.48. The van der Waals surface area contributed by atoms with Crippen molar-refractivity contribution in [2.75, 3.05) is 0 Å². The molecule has 1 heteroatoms. The molecule has 0 unspecified atom stereocenters. The zero-order valence-corrected chi connectivity index (χ0v) is 10.7. The maximum Gasteiger partial charge on any atom is 0.0991 e. The normalized spacial score (nSPS) is 40.7. The van der Waals surface area contributed by atoms with Gasteiger partial charge in [-0.2, -0.15) is 5.26 Å². The van der Waals surface area contributed by atoms with E-state index in [4.69, 9.17) is 5.26 Å². The summed E-state index contributed by atoms with van der Waals surface area (Å²) < 4.78 is 0. The van der Waals surface area contributed by atoms with Crippen molar-refractivity contribution in [3.63, 3.8) is 0 Å². The Kier molecular flexibility index (Phi) is 2.13. The van der Waals surface area contributed by atoms with E-state index < -0.39 is 0 Å². The quantitative estimate of drug-likeness (QED) is 0.723. The highest BCUT2D eigenvalue weighted by molar-refractivity contribution is 5.38. The van der Waals surface area contributed by atoms with Gasteiger partial charge in [0.2, 0.25) is 0 Å². The van der Waals surface area contributed by atoms with Crippen LogP contribution in [0.3, 0.4) is 0 Å². The van der Waals surface area contributed by atoms with Gasteiger partial charge in [0.15, 0.2) is 0 Å². The molecule has 0 amide bonds. The standard InChI is InChI=1S/C17H19N/c18-11-12-2-1-3-16(7-12)17-8-13-4-14(9-17)6-15(5-13)10-17/h1-3,7,13-15H,4-6,8-10H2. The molecule has 1 nitrogen and oxygen atoms in total. The Balaban J connectivity index is 1.77. The first-order valence-electron chi connectivity index (χ1n) is 7.28. The minimum Gasteiger partial charge on any atom is -0.192 e. The number of nitrogens with zero attached hydrogens (tertiary/aromatic N) is 1. The summed E-state index contributed by atoms with van der Waals surface area (Å²) in [6.07, 6.45) is 8.60. The SMILES string of the molecule is N#Cc1cccc(C23CC4CC(CC(C4)C2)C3)c1. The summed E-state index contributed by atoms with van der Waals surface area (Å²) in [5, 5.41) is 9.09. The lowest BCUT2D eigenvalue weighted by Gasteiger charge is -2.57. The van der Waals surface area contributed by atoms with Crippen LogP contribution in [0.5, 0.6) is 0 Å². The summed E-state index contributed by atoms with van der Waals surface area (Å²) in [7, 11) is 0. The molecule has 92 valence electrons. The van der Waals surface area contributed by atoms with Gasteiger partial charge in [-0.3, -0.25) is 0 Å². The van der Waals surface area contributed by atoms with Crippen LogP contribution in [0.1, 0.15) is 49.7 Å². The molecule has 5 rings (SSSR count). The Hall–Kier alpha value is -1.29. The van der Waals surface area contributed by atoms with Crippen LogP contribution < -0.4 is 0 Å². The first-order chi connectivity index (χ1) is 8.77. The molecule has 0 atom stereocenters. The molecular weight excluding hydrogens is 218 g/mol. The Morgan fingerprint density at radius 1 is 1.00 bits per heavy atom. The molecule has 4 aliphatic rings. The van der Waals surface area contributed by atoms with Crippen molar-refractivity contribution < 1.29 is 0 Å². The van der Waals surface area contributed by atoms with Crippen molar-refractivity contribution in [1.82, 2.24) is 0 Å². The second-order valence-electron chi connectivity index (χ2n) is 6.89. The zero-order chi connectivity index (χ0) is 12.2. The zero-order valence-electron chi connectivity index (χ0n) is 10.7. The van der Waals surface area contributed by atoms with Gasteiger partial charge in [0.25, 0.3) is 0 Å². The largest absolute Gasteiger partial charge is 0.192 e. The molecule has 0 radical (unpaired) electrons. The highest BCUT2D eigenvalue weighted by Gasteiger charge is 2.51. The van der Waals surface area contributed by atoms with Crippen LogP contribution in [-0.4, -0.2) is 0 Å². The van der Waals surface area contributed by atoms with Gasteiger partial charge in [-0.05, 0) is 79.4 Å². The first-order valence-corrected chi connectivity index (χ1v) is 7.28. The summed E-state index contributed by atoms with van der Waals surface area (Å²) in [6, 6.07) is 10.7. The maximum atomic E-state index is 9.09. The molecule has 0 aromatic heterocycles. The summed E-state index contributed by atoms with van der Waals surface area (Å²) in [6.45, 7) is 0. The molecule has 4 saturated carbocycles. The van der Waals surface area contributed by atoms with Gasteiger partial charge in [0.05, 0.1) is 11.6 Å². The van der Waals surface area contributed by atoms with Crippen molar-refractivity contribution in [3.05, 3.63) is 35.4 Å². The minimum absolute atomic E-state index is 0.432. The van der Waals surface area contributed by atoms with Crippen LogP contribution in [-0.2, 0) is 5.41 Å². The van der Waals surface area contributed by atoms with E-state index in [-0.39, 0.29) is 0 Å². The molecule has 1 aromatic rings. The number of nitriles is 1. The average molecular weight is 237 g/mol. The van der Waals surface area contributed by atoms with E-state index in [0.717, 1.165) is 23.3 Å². The lowest BCUT2D eigenvalue weighted by atomic mass is 9.48. The molecule has 0 saturated heterocycles. The molecule has 4 aliphatic carbocycles. The van der Waals surface area contributed by atoms with E-state index in [1.165, 1.54) is 44.1 Å². The van der Waals surface area contributed by atoms with Crippen LogP contribution >= 0.6 is 0 Å². The molecule has 1 aromatic carbocycles. The van der Waals surface area contributed by atoms with E-state index in [2.05, 4.69) is 24.3 Å². The minimum atomic E-state index is 0.432. The maximum absolute atomic E-state index is 9.09. The second kappa shape index (κ2) is 3.60. The van der Waals surface area contributed by atoms with Crippen LogP contribution in [0.4, 0.5) is 0 Å². The van der Waals surface area contributed by atoms with E-state index in [1.807, 2.05) is 6.07 Å². The summed E-state index contributed by atoms with van der Waals surface area (Å²) >= 11 is 0. The van der Waals surface area contributed by atoms with Crippen LogP contribution in [0.25, 0.3) is 0 Å². The highest BCUT2D eigenvalue weighted by atomic mass is 14.6. The molecule has 4 fully saturated rings. The third kappa shape index (κ3) is 1.45. The molecule has 0 aliphatic heterocycles. The Labute approximate surface area is 109 Å². The Morgan fingerprint density at radius 2 is 1.61 bits per heavy atom.